The number of unbranched alkanes of at least 4 members (excludes halogenated alkanes) is 3. The van der Waals surface area contributed by atoms with E-state index in [0.717, 1.165) is 43.2 Å². The van der Waals surface area contributed by atoms with Crippen molar-refractivity contribution in [3.05, 3.63) is 108 Å². The van der Waals surface area contributed by atoms with E-state index in [4.69, 9.17) is 0 Å². The molecule has 4 N–H and O–H groups in total. The van der Waals surface area contributed by atoms with Gasteiger partial charge in [0.05, 0.1) is 18.7 Å². The highest BCUT2D eigenvalue weighted by atomic mass is 16.2. The second-order valence-electron chi connectivity index (χ2n) is 14.6. The minimum Gasteiger partial charge on any atom is -0.354 e. The van der Waals surface area contributed by atoms with Crippen LogP contribution in [0.4, 0.5) is 4.79 Å². The van der Waals surface area contributed by atoms with Crippen LogP contribution in [-0.4, -0.2) is 81.9 Å². The molecule has 6 rings (SSSR count). The van der Waals surface area contributed by atoms with Gasteiger partial charge in [0.25, 0.3) is 5.91 Å². The Kier molecular flexibility index (Phi) is 13.1. The van der Waals surface area contributed by atoms with Gasteiger partial charge in [-0.2, -0.15) is 0 Å². The van der Waals surface area contributed by atoms with Crippen LogP contribution in [0.1, 0.15) is 73.4 Å². The fraction of sp³-hybridized carbons (Fsp3) is 0.429. The summed E-state index contributed by atoms with van der Waals surface area (Å²) in [5.74, 6) is -0.220. The third-order valence-electron chi connectivity index (χ3n) is 10.4. The summed E-state index contributed by atoms with van der Waals surface area (Å²) >= 11 is 0. The summed E-state index contributed by atoms with van der Waals surface area (Å²) in [6, 6.07) is 26.1. The molecule has 1 aliphatic heterocycles. The second kappa shape index (κ2) is 18.5. The van der Waals surface area contributed by atoms with Crippen LogP contribution in [0.3, 0.4) is 0 Å². The summed E-state index contributed by atoms with van der Waals surface area (Å²) in [5, 5.41) is 20.4. The first-order chi connectivity index (χ1) is 26.3. The highest BCUT2D eigenvalue weighted by molar-refractivity contribution is 5.95. The Morgan fingerprint density at radius 1 is 0.852 bits per heavy atom. The third kappa shape index (κ3) is 10.3. The highest BCUT2D eigenvalue weighted by Gasteiger charge is 2.43. The summed E-state index contributed by atoms with van der Waals surface area (Å²) in [6.45, 7) is 6.12. The number of nitrogens with one attached hydrogen (secondary N) is 4. The number of amides is 5. The van der Waals surface area contributed by atoms with E-state index in [-0.39, 0.29) is 42.1 Å². The number of nitrogens with zero attached hydrogens (tertiary/aromatic N) is 4. The van der Waals surface area contributed by atoms with Crippen molar-refractivity contribution in [1.82, 2.24) is 41.2 Å². The molecule has 2 fully saturated rings. The van der Waals surface area contributed by atoms with Gasteiger partial charge in [-0.25, -0.2) is 9.48 Å². The maximum atomic E-state index is 13.5. The van der Waals surface area contributed by atoms with Crippen molar-refractivity contribution in [2.75, 3.05) is 26.2 Å². The van der Waals surface area contributed by atoms with Gasteiger partial charge in [0.1, 0.15) is 11.7 Å². The molecule has 284 valence electrons. The van der Waals surface area contributed by atoms with Gasteiger partial charge in [-0.05, 0) is 48.4 Å². The zero-order valence-electron chi connectivity index (χ0n) is 31.2. The number of likely N-dealkylation sites (tertiary alicyclic amines) is 1. The largest absolute Gasteiger partial charge is 0.354 e. The van der Waals surface area contributed by atoms with E-state index in [1.165, 1.54) is 5.56 Å². The molecule has 0 spiro atoms. The molecule has 54 heavy (non-hydrogen) atoms. The van der Waals surface area contributed by atoms with E-state index < -0.39 is 12.1 Å². The SMILES string of the molecule is CCCCCCNC(=O)[C@H](Cn1cc(-c2ccc(C(=O)N3C[C@@H](C)[C@H](C(=O)N[C@H]4C[C@@H]4c4ccccc4)C3)cc2)nn1)NC(=O)NCCc1ccccc1. The van der Waals surface area contributed by atoms with Gasteiger partial charge in [-0.1, -0.05) is 111 Å². The first-order valence-corrected chi connectivity index (χ1v) is 19.3. The van der Waals surface area contributed by atoms with E-state index in [9.17, 15) is 19.2 Å². The van der Waals surface area contributed by atoms with Crippen LogP contribution in [0.25, 0.3) is 11.3 Å². The van der Waals surface area contributed by atoms with E-state index in [0.29, 0.717) is 49.8 Å². The zero-order valence-corrected chi connectivity index (χ0v) is 31.2. The predicted molar refractivity (Wildman–Crippen MR) is 207 cm³/mol. The van der Waals surface area contributed by atoms with Crippen molar-refractivity contribution in [1.29, 1.82) is 0 Å². The van der Waals surface area contributed by atoms with Gasteiger partial charge in [0.15, 0.2) is 0 Å². The van der Waals surface area contributed by atoms with E-state index in [1.807, 2.05) is 67.6 Å². The lowest BCUT2D eigenvalue weighted by Gasteiger charge is -2.19. The Labute approximate surface area is 317 Å². The minimum atomic E-state index is -0.870. The van der Waals surface area contributed by atoms with Gasteiger partial charge >= 0.3 is 6.03 Å². The van der Waals surface area contributed by atoms with Gasteiger partial charge < -0.3 is 26.2 Å². The quantitative estimate of drug-likeness (QED) is 0.113. The van der Waals surface area contributed by atoms with Gasteiger partial charge in [-0.3, -0.25) is 14.4 Å². The van der Waals surface area contributed by atoms with Crippen LogP contribution < -0.4 is 21.3 Å². The van der Waals surface area contributed by atoms with Crippen molar-refractivity contribution in [2.45, 2.75) is 76.9 Å². The van der Waals surface area contributed by atoms with Crippen LogP contribution in [0.5, 0.6) is 0 Å². The number of hydrogen-bond donors (Lipinski definition) is 4. The molecule has 12 heteroatoms. The Morgan fingerprint density at radius 3 is 2.33 bits per heavy atom. The number of carbonyl (C=O) groups is 4. The average Bonchev–Trinajstić information content (AvgIpc) is 3.59. The Hall–Kier alpha value is -5.52. The predicted octanol–water partition coefficient (Wildman–Crippen LogP) is 4.93. The number of benzene rings is 3. The first-order valence-electron chi connectivity index (χ1n) is 19.3. The maximum absolute atomic E-state index is 13.5. The Balaban J connectivity index is 1.02. The normalized spacial score (nSPS) is 19.5. The van der Waals surface area contributed by atoms with Crippen LogP contribution >= 0.6 is 0 Å². The average molecular weight is 733 g/mol. The molecule has 0 bridgehead atoms. The van der Waals surface area contributed by atoms with Gasteiger partial charge in [0.2, 0.25) is 11.8 Å². The molecule has 0 unspecified atom stereocenters. The van der Waals surface area contributed by atoms with Crippen molar-refractivity contribution in [3.8, 4) is 11.3 Å². The fourth-order valence-corrected chi connectivity index (χ4v) is 7.11. The molecule has 2 aliphatic rings. The van der Waals surface area contributed by atoms with Crippen LogP contribution in [0, 0.1) is 11.8 Å². The topological polar surface area (TPSA) is 150 Å². The molecule has 3 aromatic carbocycles. The maximum Gasteiger partial charge on any atom is 0.315 e. The summed E-state index contributed by atoms with van der Waals surface area (Å²) in [5.41, 5.74) is 4.21. The molecule has 1 aliphatic carbocycles. The van der Waals surface area contributed by atoms with Crippen molar-refractivity contribution in [3.63, 3.8) is 0 Å². The Morgan fingerprint density at radius 2 is 1.59 bits per heavy atom. The zero-order chi connectivity index (χ0) is 37.9. The minimum absolute atomic E-state index is 0.0187. The molecule has 2 heterocycles. The summed E-state index contributed by atoms with van der Waals surface area (Å²) in [7, 11) is 0. The van der Waals surface area contributed by atoms with E-state index in [1.54, 1.807) is 27.9 Å². The van der Waals surface area contributed by atoms with Crippen molar-refractivity contribution >= 4 is 23.8 Å². The summed E-state index contributed by atoms with van der Waals surface area (Å²) in [4.78, 5) is 54.5. The number of urea groups is 1. The molecule has 1 saturated heterocycles. The van der Waals surface area contributed by atoms with Crippen molar-refractivity contribution < 1.29 is 19.2 Å². The highest BCUT2D eigenvalue weighted by Crippen LogP contribution is 2.41. The van der Waals surface area contributed by atoms with Gasteiger partial charge in [0, 0.05) is 49.3 Å². The second-order valence-corrected chi connectivity index (χ2v) is 14.6. The van der Waals surface area contributed by atoms with E-state index in [2.05, 4.69) is 50.6 Å². The van der Waals surface area contributed by atoms with Gasteiger partial charge in [-0.15, -0.1) is 5.10 Å². The van der Waals surface area contributed by atoms with Crippen molar-refractivity contribution in [2.24, 2.45) is 11.8 Å². The number of aromatic nitrogens is 3. The van der Waals surface area contributed by atoms with E-state index >= 15 is 0 Å². The molecule has 12 nitrogen and oxygen atoms in total. The lowest BCUT2D eigenvalue weighted by molar-refractivity contribution is -0.125. The monoisotopic (exact) mass is 732 g/mol. The number of rotatable bonds is 17. The lowest BCUT2D eigenvalue weighted by atomic mass is 9.97. The van der Waals surface area contributed by atoms with Crippen LogP contribution in [0.15, 0.2) is 91.1 Å². The molecule has 4 aromatic rings. The molecule has 1 aromatic heterocycles. The number of carbonyl (C=O) groups excluding carboxylic acids is 4. The summed E-state index contributed by atoms with van der Waals surface area (Å²) < 4.78 is 1.54. The third-order valence-corrected chi connectivity index (χ3v) is 10.4. The standard InChI is InChI=1S/C42H52N8O4/c1-3-4-5-12-22-43-40(52)38(46-42(54)44-23-21-30-13-8-6-9-14-30)28-50-27-37(47-48-50)32-17-19-33(20-18-32)41(53)49-25-29(2)35(26-49)39(51)45-36-24-34(36)31-15-10-7-11-16-31/h6-11,13-20,27,29,34-36,38H,3-5,12,21-26,28H2,1-2H3,(H,43,52)(H,45,51)(H2,44,46,54)/t29-,34-,35-,36+,38+/m1/s1. The van der Waals surface area contributed by atoms with Crippen LogP contribution in [-0.2, 0) is 22.6 Å². The smallest absolute Gasteiger partial charge is 0.315 e. The molecular weight excluding hydrogens is 681 g/mol. The molecule has 0 radical (unpaired) electrons. The lowest BCUT2D eigenvalue weighted by Crippen LogP contribution is -2.52. The fourth-order valence-electron chi connectivity index (χ4n) is 7.11. The molecular formula is C42H52N8O4. The van der Waals surface area contributed by atoms with Crippen LogP contribution in [0.2, 0.25) is 0 Å². The first kappa shape index (κ1) is 38.2. The molecule has 5 atom stereocenters. The molecule has 1 saturated carbocycles. The Bertz CT molecular complexity index is 1850. The summed E-state index contributed by atoms with van der Waals surface area (Å²) in [6.07, 6.45) is 7.43. The number of hydrogen-bond acceptors (Lipinski definition) is 6. The molecule has 5 amide bonds.